The molecule has 0 radical (unpaired) electrons. The number of amides is 1. The Balaban J connectivity index is 1.44. The molecule has 6 nitrogen and oxygen atoms in total. The number of piperidine rings is 1. The summed E-state index contributed by atoms with van der Waals surface area (Å²) in [5.74, 6) is -0.617. The van der Waals surface area contributed by atoms with Gasteiger partial charge in [0.25, 0.3) is 17.9 Å². The first-order valence-corrected chi connectivity index (χ1v) is 12.8. The summed E-state index contributed by atoms with van der Waals surface area (Å²) in [5.41, 5.74) is -0.0445. The lowest BCUT2D eigenvalue weighted by Gasteiger charge is -2.37. The van der Waals surface area contributed by atoms with E-state index in [-0.39, 0.29) is 23.2 Å². The van der Waals surface area contributed by atoms with Gasteiger partial charge >= 0.3 is 0 Å². The molecule has 9 heteroatoms. The molecular weight excluding hydrogens is 469 g/mol. The Morgan fingerprint density at radius 3 is 2.36 bits per heavy atom. The second-order valence-electron chi connectivity index (χ2n) is 10.7. The van der Waals surface area contributed by atoms with Crippen LogP contribution in [0.1, 0.15) is 79.0 Å². The topological polar surface area (TPSA) is 66.4 Å². The Morgan fingerprint density at radius 2 is 1.75 bits per heavy atom. The summed E-state index contributed by atoms with van der Waals surface area (Å²) in [6.45, 7) is 3.50. The number of fused-ring (bicyclic) bond motifs is 2. The molecule has 2 aromatic rings. The van der Waals surface area contributed by atoms with Crippen LogP contribution in [0.2, 0.25) is 0 Å². The molecule has 1 aliphatic heterocycles. The fraction of sp³-hybridized carbons (Fsp3) is 0.556. The van der Waals surface area contributed by atoms with E-state index in [9.17, 15) is 22.8 Å². The Labute approximate surface area is 208 Å². The van der Waals surface area contributed by atoms with Crippen LogP contribution < -0.4 is 16.2 Å². The fourth-order valence-electron chi connectivity index (χ4n) is 6.09. The molecule has 2 saturated carbocycles. The molecule has 1 aromatic heterocycles. The molecule has 194 valence electrons. The molecule has 1 saturated heterocycles. The Bertz CT molecular complexity index is 1180. The van der Waals surface area contributed by atoms with Crippen molar-refractivity contribution in [1.82, 2.24) is 14.8 Å². The molecule has 1 aromatic carbocycles. The Hall–Kier alpha value is -2.81. The van der Waals surface area contributed by atoms with E-state index in [1.54, 1.807) is 17.7 Å². The molecule has 0 spiro atoms. The third kappa shape index (κ3) is 4.65. The highest BCUT2D eigenvalue weighted by Gasteiger charge is 2.41. The van der Waals surface area contributed by atoms with Crippen LogP contribution in [-0.2, 0) is 0 Å². The van der Waals surface area contributed by atoms with E-state index in [0.717, 1.165) is 51.3 Å². The maximum Gasteiger partial charge on any atom is 0.266 e. The fourth-order valence-corrected chi connectivity index (χ4v) is 6.09. The van der Waals surface area contributed by atoms with Gasteiger partial charge in [0.1, 0.15) is 5.82 Å². The number of hydrogen-bond donors (Lipinski definition) is 2. The summed E-state index contributed by atoms with van der Waals surface area (Å²) in [4.78, 5) is 28.8. The van der Waals surface area contributed by atoms with E-state index in [4.69, 9.17) is 0 Å². The Kier molecular flexibility index (Phi) is 6.85. The molecular formula is C27H33F3N4O2. The number of carbonyl (C=O) groups excluding carboxylic acids is 1. The molecule has 5 rings (SSSR count). The van der Waals surface area contributed by atoms with Crippen molar-refractivity contribution in [3.63, 3.8) is 0 Å². The van der Waals surface area contributed by atoms with Crippen molar-refractivity contribution in [3.8, 4) is 0 Å². The van der Waals surface area contributed by atoms with Gasteiger partial charge in [0.15, 0.2) is 0 Å². The predicted octanol–water partition coefficient (Wildman–Crippen LogP) is 4.89. The summed E-state index contributed by atoms with van der Waals surface area (Å²) in [7, 11) is 2.11. The quantitative estimate of drug-likeness (QED) is 0.566. The van der Waals surface area contributed by atoms with Gasteiger partial charge in [0.05, 0.1) is 22.9 Å². The molecule has 0 unspecified atom stereocenters. The molecule has 2 bridgehead atoms. The van der Waals surface area contributed by atoms with Crippen molar-refractivity contribution in [1.29, 1.82) is 0 Å². The van der Waals surface area contributed by atoms with Crippen molar-refractivity contribution in [3.05, 3.63) is 63.3 Å². The molecule has 1 amide bonds. The molecule has 3 fully saturated rings. The standard InChI is InChI=1S/C27H33F3N4O2/c1-15(19-7-4-8-20(24(19)28)26(29)30)31-27(36)21-14-34(18-5-3-6-18)23(35)11-22(21)32-25-16-9-10-17(25)13-33(2)12-16/h4,7-8,11,14-18,25-26,32H,3,5-6,9-10,12-13H2,1-2H3,(H,31,36)/t15-,16-,17+,25+/m1/s1. The van der Waals surface area contributed by atoms with Crippen LogP contribution in [-0.4, -0.2) is 41.6 Å². The number of rotatable bonds is 7. The van der Waals surface area contributed by atoms with Crippen LogP contribution >= 0.6 is 0 Å². The van der Waals surface area contributed by atoms with Crippen molar-refractivity contribution < 1.29 is 18.0 Å². The van der Waals surface area contributed by atoms with Gasteiger partial charge in [-0.3, -0.25) is 9.59 Å². The summed E-state index contributed by atoms with van der Waals surface area (Å²) in [6, 6.07) is 4.71. The number of benzene rings is 1. The smallest absolute Gasteiger partial charge is 0.266 e. The summed E-state index contributed by atoms with van der Waals surface area (Å²) in [6.07, 6.45) is 3.67. The SMILES string of the molecule is C[C@@H](NC(=O)c1cn(C2CCC2)c(=O)cc1N[C@H]1[C@@H]2CC[C@H]1CN(C)C2)c1cccc(C(F)F)c1F. The molecule has 2 heterocycles. The van der Waals surface area contributed by atoms with Crippen LogP contribution in [0.25, 0.3) is 0 Å². The van der Waals surface area contributed by atoms with Crippen molar-refractivity contribution in [2.45, 2.75) is 63.6 Å². The number of nitrogens with one attached hydrogen (secondary N) is 2. The Morgan fingerprint density at radius 1 is 1.08 bits per heavy atom. The maximum absolute atomic E-state index is 14.7. The third-order valence-electron chi connectivity index (χ3n) is 8.24. The second-order valence-corrected chi connectivity index (χ2v) is 10.7. The lowest BCUT2D eigenvalue weighted by atomic mass is 9.91. The van der Waals surface area contributed by atoms with Gasteiger partial charge < -0.3 is 20.1 Å². The number of likely N-dealkylation sites (tertiary alicyclic amines) is 1. The minimum absolute atomic E-state index is 0.00339. The molecule has 36 heavy (non-hydrogen) atoms. The van der Waals surface area contributed by atoms with Crippen molar-refractivity contribution in [2.24, 2.45) is 11.8 Å². The zero-order valence-corrected chi connectivity index (χ0v) is 20.6. The number of halogens is 3. The summed E-state index contributed by atoms with van der Waals surface area (Å²) >= 11 is 0. The van der Waals surface area contributed by atoms with Gasteiger partial charge in [0.2, 0.25) is 0 Å². The molecule has 4 atom stereocenters. The number of aromatic nitrogens is 1. The number of carbonyl (C=O) groups is 1. The number of alkyl halides is 2. The number of pyridine rings is 1. The first kappa shape index (κ1) is 24.9. The first-order chi connectivity index (χ1) is 17.2. The largest absolute Gasteiger partial charge is 0.381 e. The van der Waals surface area contributed by atoms with E-state index < -0.39 is 29.8 Å². The van der Waals surface area contributed by atoms with Gasteiger partial charge in [-0.05, 0) is 57.9 Å². The van der Waals surface area contributed by atoms with Crippen LogP contribution in [0.4, 0.5) is 18.9 Å². The third-order valence-corrected chi connectivity index (χ3v) is 8.24. The van der Waals surface area contributed by atoms with E-state index in [2.05, 4.69) is 22.6 Å². The number of nitrogens with zero attached hydrogens (tertiary/aromatic N) is 2. The van der Waals surface area contributed by atoms with Gasteiger partial charge in [-0.2, -0.15) is 0 Å². The van der Waals surface area contributed by atoms with E-state index in [0.29, 0.717) is 23.1 Å². The summed E-state index contributed by atoms with van der Waals surface area (Å²) < 4.78 is 42.7. The average Bonchev–Trinajstić information content (AvgIpc) is 3.02. The van der Waals surface area contributed by atoms with Gasteiger partial charge in [-0.25, -0.2) is 13.2 Å². The van der Waals surface area contributed by atoms with Gasteiger partial charge in [0, 0.05) is 43.0 Å². The normalized spacial score (nSPS) is 25.0. The number of anilines is 1. The summed E-state index contributed by atoms with van der Waals surface area (Å²) in [5, 5.41) is 6.31. The second kappa shape index (κ2) is 9.92. The minimum Gasteiger partial charge on any atom is -0.381 e. The minimum atomic E-state index is -2.94. The van der Waals surface area contributed by atoms with E-state index in [1.807, 2.05) is 0 Å². The highest BCUT2D eigenvalue weighted by Crippen LogP contribution is 2.39. The predicted molar refractivity (Wildman–Crippen MR) is 132 cm³/mol. The van der Waals surface area contributed by atoms with Crippen LogP contribution in [0.15, 0.2) is 35.3 Å². The van der Waals surface area contributed by atoms with E-state index >= 15 is 0 Å². The maximum atomic E-state index is 14.7. The molecule has 2 aliphatic carbocycles. The monoisotopic (exact) mass is 502 g/mol. The molecule has 3 aliphatic rings. The van der Waals surface area contributed by atoms with Crippen LogP contribution in [0.5, 0.6) is 0 Å². The lowest BCUT2D eigenvalue weighted by molar-refractivity contribution is 0.0938. The van der Waals surface area contributed by atoms with Gasteiger partial charge in [-0.1, -0.05) is 18.2 Å². The first-order valence-electron chi connectivity index (χ1n) is 12.8. The number of hydrogen-bond acceptors (Lipinski definition) is 4. The average molecular weight is 503 g/mol. The van der Waals surface area contributed by atoms with E-state index in [1.165, 1.54) is 18.2 Å². The highest BCUT2D eigenvalue weighted by atomic mass is 19.3. The van der Waals surface area contributed by atoms with Crippen LogP contribution in [0, 0.1) is 17.7 Å². The highest BCUT2D eigenvalue weighted by molar-refractivity contribution is 5.99. The van der Waals surface area contributed by atoms with Gasteiger partial charge in [-0.15, -0.1) is 0 Å². The zero-order chi connectivity index (χ0) is 25.6. The zero-order valence-electron chi connectivity index (χ0n) is 20.6. The van der Waals surface area contributed by atoms with Crippen molar-refractivity contribution in [2.75, 3.05) is 25.5 Å². The van der Waals surface area contributed by atoms with Crippen molar-refractivity contribution >= 4 is 11.6 Å². The molecule has 2 N–H and O–H groups in total. The van der Waals surface area contributed by atoms with Crippen LogP contribution in [0.3, 0.4) is 0 Å². The lowest BCUT2D eigenvalue weighted by Crippen LogP contribution is -2.47.